The molecule has 1 aliphatic rings. The smallest absolute Gasteiger partial charge is 0.423 e. The molecule has 3 rings (SSSR count). The monoisotopic (exact) mass is 319 g/mol. The Kier molecular flexibility index (Phi) is 3.55. The average Bonchev–Trinajstić information content (AvgIpc) is 2.79. The van der Waals surface area contributed by atoms with Crippen LogP contribution in [0.15, 0.2) is 35.5 Å². The molecule has 114 valence electrons. The molecule has 0 saturated heterocycles. The summed E-state index contributed by atoms with van der Waals surface area (Å²) in [4.78, 5) is 3.88. The number of hydrogen-bond acceptors (Lipinski definition) is 6. The van der Waals surface area contributed by atoms with E-state index in [1.165, 1.54) is 6.20 Å². The second kappa shape index (κ2) is 5.27. The summed E-state index contributed by atoms with van der Waals surface area (Å²) in [5.41, 5.74) is 8.16. The quantitative estimate of drug-likeness (QED) is 0.686. The second-order valence-electron chi connectivity index (χ2n) is 5.07. The molecule has 0 aliphatic carbocycles. The van der Waals surface area contributed by atoms with Crippen LogP contribution in [-0.2, 0) is 21.3 Å². The minimum absolute atomic E-state index is 0.0843. The molecule has 1 aromatic carbocycles. The maximum absolute atomic E-state index is 12.4. The fourth-order valence-corrected chi connectivity index (χ4v) is 3.56. The van der Waals surface area contributed by atoms with Crippen LogP contribution >= 0.6 is 0 Å². The molecule has 0 spiro atoms. The summed E-state index contributed by atoms with van der Waals surface area (Å²) in [6, 6.07) is 6.43. The van der Waals surface area contributed by atoms with Crippen molar-refractivity contribution < 1.29 is 18.1 Å². The highest BCUT2D eigenvalue weighted by Crippen LogP contribution is 2.20. The Balaban J connectivity index is 1.93. The van der Waals surface area contributed by atoms with Gasteiger partial charge in [0, 0.05) is 5.69 Å². The molecule has 1 aliphatic heterocycles. The van der Waals surface area contributed by atoms with Crippen LogP contribution in [0.3, 0.4) is 0 Å². The molecule has 2 aromatic rings. The van der Waals surface area contributed by atoms with Gasteiger partial charge in [0.05, 0.1) is 18.5 Å². The van der Waals surface area contributed by atoms with E-state index in [2.05, 4.69) is 9.71 Å². The lowest BCUT2D eigenvalue weighted by molar-refractivity contribution is 0.275. The van der Waals surface area contributed by atoms with Crippen molar-refractivity contribution in [2.45, 2.75) is 18.6 Å². The number of fused-ring (bicyclic) bond motifs is 1. The van der Waals surface area contributed by atoms with Crippen molar-refractivity contribution in [2.75, 3.05) is 10.5 Å². The molecule has 0 saturated carbocycles. The van der Waals surface area contributed by atoms with Crippen LogP contribution in [0.4, 0.5) is 11.4 Å². The number of anilines is 2. The first kappa shape index (κ1) is 14.8. The average molecular weight is 319 g/mol. The minimum atomic E-state index is -3.83. The lowest BCUT2D eigenvalue weighted by Crippen LogP contribution is -2.28. The summed E-state index contributed by atoms with van der Waals surface area (Å²) in [5.74, 6) is 0. The highest BCUT2D eigenvalue weighted by Gasteiger charge is 2.28. The fourth-order valence-electron chi connectivity index (χ4n) is 2.35. The number of nitrogen functional groups attached to an aromatic ring is 1. The van der Waals surface area contributed by atoms with Gasteiger partial charge in [-0.15, -0.1) is 0 Å². The van der Waals surface area contributed by atoms with Crippen molar-refractivity contribution in [2.24, 2.45) is 0 Å². The Hall–Kier alpha value is -2.10. The third-order valence-corrected chi connectivity index (χ3v) is 4.81. The summed E-state index contributed by atoms with van der Waals surface area (Å²) < 4.78 is 32.3. The van der Waals surface area contributed by atoms with E-state index >= 15 is 0 Å². The van der Waals surface area contributed by atoms with Gasteiger partial charge < -0.3 is 15.4 Å². The van der Waals surface area contributed by atoms with E-state index in [9.17, 15) is 13.4 Å². The summed E-state index contributed by atoms with van der Waals surface area (Å²) in [6.07, 6.45) is 1.29. The lowest BCUT2D eigenvalue weighted by atomic mass is 9.79. The predicted octanol–water partition coefficient (Wildman–Crippen LogP) is -0.00928. The minimum Gasteiger partial charge on any atom is -0.423 e. The molecule has 1 aromatic heterocycles. The van der Waals surface area contributed by atoms with Crippen LogP contribution < -0.4 is 15.9 Å². The van der Waals surface area contributed by atoms with Crippen molar-refractivity contribution in [1.29, 1.82) is 0 Å². The van der Waals surface area contributed by atoms with Gasteiger partial charge in [0.25, 0.3) is 10.0 Å². The van der Waals surface area contributed by atoms with Gasteiger partial charge >= 0.3 is 7.12 Å². The van der Waals surface area contributed by atoms with Crippen molar-refractivity contribution in [3.8, 4) is 0 Å². The summed E-state index contributed by atoms with van der Waals surface area (Å²) in [7, 11) is -4.87. The van der Waals surface area contributed by atoms with Crippen LogP contribution in [-0.4, -0.2) is 25.5 Å². The first-order chi connectivity index (χ1) is 10.4. The number of nitrogens with one attached hydrogen (secondary N) is 1. The standard InChI is InChI=1S/C13H14BN3O4S/c1-8-4-10(15)6-16-13(8)22(19,20)17-11-3-2-9-7-21-14(18)12(9)5-11/h2-6,17-18H,7,15H2,1H3. The SMILES string of the molecule is Cc1cc(N)cnc1S(=O)(=O)Nc1ccc2c(c1)B(O)OC2. The van der Waals surface area contributed by atoms with Crippen LogP contribution in [0, 0.1) is 6.92 Å². The summed E-state index contributed by atoms with van der Waals surface area (Å²) in [5, 5.41) is 9.59. The molecule has 0 amide bonds. The topological polar surface area (TPSA) is 115 Å². The Labute approximate surface area is 128 Å². The molecule has 7 nitrogen and oxygen atoms in total. The third kappa shape index (κ3) is 2.65. The zero-order chi connectivity index (χ0) is 15.9. The van der Waals surface area contributed by atoms with Gasteiger partial charge in [-0.3, -0.25) is 4.72 Å². The Morgan fingerprint density at radius 1 is 1.41 bits per heavy atom. The Bertz CT molecular complexity index is 841. The lowest BCUT2D eigenvalue weighted by Gasteiger charge is -2.11. The van der Waals surface area contributed by atoms with Crippen LogP contribution in [0.1, 0.15) is 11.1 Å². The number of hydrogen-bond donors (Lipinski definition) is 3. The maximum atomic E-state index is 12.4. The highest BCUT2D eigenvalue weighted by molar-refractivity contribution is 7.92. The van der Waals surface area contributed by atoms with Crippen LogP contribution in [0.2, 0.25) is 0 Å². The van der Waals surface area contributed by atoms with Gasteiger partial charge in [0.15, 0.2) is 5.03 Å². The number of nitrogens with two attached hydrogens (primary N) is 1. The zero-order valence-corrected chi connectivity index (χ0v) is 12.6. The number of sulfonamides is 1. The normalized spacial score (nSPS) is 14.0. The third-order valence-electron chi connectivity index (χ3n) is 3.37. The molecule has 0 atom stereocenters. The number of benzene rings is 1. The van der Waals surface area contributed by atoms with E-state index in [4.69, 9.17) is 10.4 Å². The van der Waals surface area contributed by atoms with E-state index < -0.39 is 17.1 Å². The van der Waals surface area contributed by atoms with Gasteiger partial charge in [0.2, 0.25) is 0 Å². The maximum Gasteiger partial charge on any atom is 0.491 e. The largest absolute Gasteiger partial charge is 0.491 e. The first-order valence-corrected chi connectivity index (χ1v) is 8.02. The van der Waals surface area contributed by atoms with Gasteiger partial charge in [0.1, 0.15) is 0 Å². The Morgan fingerprint density at radius 2 is 2.18 bits per heavy atom. The van der Waals surface area contributed by atoms with Crippen molar-refractivity contribution in [3.63, 3.8) is 0 Å². The molecular weight excluding hydrogens is 305 g/mol. The van der Waals surface area contributed by atoms with E-state index in [0.29, 0.717) is 29.0 Å². The molecule has 2 heterocycles. The molecule has 0 bridgehead atoms. The summed E-state index contributed by atoms with van der Waals surface area (Å²) >= 11 is 0. The molecule has 9 heteroatoms. The number of nitrogens with zero attached hydrogens (tertiary/aromatic N) is 1. The van der Waals surface area contributed by atoms with E-state index in [1.807, 2.05) is 0 Å². The van der Waals surface area contributed by atoms with Gasteiger partial charge in [-0.25, -0.2) is 4.98 Å². The van der Waals surface area contributed by atoms with Gasteiger partial charge in [-0.1, -0.05) is 6.07 Å². The molecular formula is C13H14BN3O4S. The van der Waals surface area contributed by atoms with Crippen molar-refractivity contribution >= 4 is 34.0 Å². The van der Waals surface area contributed by atoms with Crippen LogP contribution in [0.5, 0.6) is 0 Å². The molecule has 22 heavy (non-hydrogen) atoms. The first-order valence-electron chi connectivity index (χ1n) is 6.54. The molecule has 0 unspecified atom stereocenters. The second-order valence-corrected chi connectivity index (χ2v) is 6.67. The number of pyridine rings is 1. The molecule has 0 radical (unpaired) electrons. The van der Waals surface area contributed by atoms with Crippen molar-refractivity contribution in [3.05, 3.63) is 41.6 Å². The predicted molar refractivity (Wildman–Crippen MR) is 83.0 cm³/mol. The Morgan fingerprint density at radius 3 is 2.91 bits per heavy atom. The van der Waals surface area contributed by atoms with Gasteiger partial charge in [-0.2, -0.15) is 8.42 Å². The summed E-state index contributed by atoms with van der Waals surface area (Å²) in [6.45, 7) is 1.93. The number of rotatable bonds is 3. The number of aromatic nitrogens is 1. The van der Waals surface area contributed by atoms with Gasteiger partial charge in [-0.05, 0) is 41.7 Å². The molecule has 0 fully saturated rings. The highest BCUT2D eigenvalue weighted by atomic mass is 32.2. The van der Waals surface area contributed by atoms with Crippen LogP contribution in [0.25, 0.3) is 0 Å². The fraction of sp³-hybridized carbons (Fsp3) is 0.154. The van der Waals surface area contributed by atoms with Crippen molar-refractivity contribution in [1.82, 2.24) is 4.98 Å². The molecule has 4 N–H and O–H groups in total. The zero-order valence-electron chi connectivity index (χ0n) is 11.8. The van der Waals surface area contributed by atoms with E-state index in [0.717, 1.165) is 5.56 Å². The van der Waals surface area contributed by atoms with E-state index in [-0.39, 0.29) is 5.03 Å². The van der Waals surface area contributed by atoms with E-state index in [1.54, 1.807) is 31.2 Å². The number of aryl methyl sites for hydroxylation is 1.